The summed E-state index contributed by atoms with van der Waals surface area (Å²) < 4.78 is 58.5. The fraction of sp³-hybridized carbons (Fsp3) is 0.312. The maximum absolute atomic E-state index is 14.9. The van der Waals surface area contributed by atoms with Crippen molar-refractivity contribution in [1.29, 1.82) is 0 Å². The smallest absolute Gasteiger partial charge is 0.363 e. The molecule has 1 aliphatic heterocycles. The fourth-order valence-electron chi connectivity index (χ4n) is 5.66. The second kappa shape index (κ2) is 13.0. The zero-order chi connectivity index (χ0) is 31.4. The van der Waals surface area contributed by atoms with Crippen LogP contribution < -0.4 is 16.1 Å². The second-order valence-corrected chi connectivity index (χ2v) is 10.8. The molecule has 0 atom stereocenters. The molecule has 230 valence electrons. The van der Waals surface area contributed by atoms with Gasteiger partial charge >= 0.3 is 11.9 Å². The van der Waals surface area contributed by atoms with Crippen LogP contribution in [-0.4, -0.2) is 40.2 Å². The van der Waals surface area contributed by atoms with Gasteiger partial charge in [0.15, 0.2) is 0 Å². The van der Waals surface area contributed by atoms with E-state index in [1.54, 1.807) is 18.2 Å². The molecule has 8 nitrogen and oxygen atoms in total. The van der Waals surface area contributed by atoms with Gasteiger partial charge in [0.2, 0.25) is 0 Å². The van der Waals surface area contributed by atoms with E-state index in [1.807, 2.05) is 41.3 Å². The lowest BCUT2D eigenvalue weighted by molar-refractivity contribution is -0.138. The van der Waals surface area contributed by atoms with Crippen molar-refractivity contribution in [3.05, 3.63) is 132 Å². The number of halogens is 4. The van der Waals surface area contributed by atoms with Gasteiger partial charge in [-0.15, -0.1) is 4.91 Å². The summed E-state index contributed by atoms with van der Waals surface area (Å²) >= 11 is 0. The highest BCUT2D eigenvalue weighted by Gasteiger charge is 2.35. The molecule has 1 fully saturated rings. The summed E-state index contributed by atoms with van der Waals surface area (Å²) in [6, 6.07) is 18.9. The molecule has 0 saturated carbocycles. The molecule has 0 aliphatic carbocycles. The Balaban J connectivity index is 1.50. The van der Waals surface area contributed by atoms with Gasteiger partial charge in [0.05, 0.1) is 12.1 Å². The van der Waals surface area contributed by atoms with E-state index in [1.165, 1.54) is 6.92 Å². The molecule has 1 aliphatic rings. The third-order valence-corrected chi connectivity index (χ3v) is 7.98. The first-order valence-electron chi connectivity index (χ1n) is 14.2. The summed E-state index contributed by atoms with van der Waals surface area (Å²) in [6.45, 7) is 3.30. The third-order valence-electron chi connectivity index (χ3n) is 7.98. The standard InChI is InChI=1S/C32H31F4N5O3/c1-22-29(39-17-15-38(16-18-39)20-24-9-5-10-25(19-24)37-44)30(42)40(14-13-23-7-3-2-4-8-23)31(43)41(22)21-26-27(32(34,35)36)11-6-12-28(26)33/h2-12,19H,13-18,20-21H2,1H3. The van der Waals surface area contributed by atoms with Crippen LogP contribution >= 0.6 is 0 Å². The molecule has 4 aromatic rings. The molecule has 2 heterocycles. The lowest BCUT2D eigenvalue weighted by Crippen LogP contribution is -2.51. The SMILES string of the molecule is Cc1c(N2CCN(Cc3cccc(N=O)c3)CC2)c(=O)n(CCc2ccccc2)c(=O)n1Cc1c(F)cccc1C(F)(F)F. The number of aryl methyl sites for hydroxylation is 1. The summed E-state index contributed by atoms with van der Waals surface area (Å²) in [7, 11) is 0. The Labute approximate surface area is 250 Å². The van der Waals surface area contributed by atoms with Crippen LogP contribution in [-0.2, 0) is 32.2 Å². The van der Waals surface area contributed by atoms with Crippen molar-refractivity contribution < 1.29 is 17.6 Å². The van der Waals surface area contributed by atoms with Gasteiger partial charge in [-0.2, -0.15) is 13.2 Å². The van der Waals surface area contributed by atoms with Crippen molar-refractivity contribution in [3.63, 3.8) is 0 Å². The van der Waals surface area contributed by atoms with E-state index >= 15 is 0 Å². The van der Waals surface area contributed by atoms with E-state index in [0.717, 1.165) is 38.5 Å². The van der Waals surface area contributed by atoms with Gasteiger partial charge in [-0.05, 0) is 53.9 Å². The molecule has 44 heavy (non-hydrogen) atoms. The van der Waals surface area contributed by atoms with Crippen LogP contribution in [0, 0.1) is 17.6 Å². The predicted molar refractivity (Wildman–Crippen MR) is 160 cm³/mol. The molecule has 3 aromatic carbocycles. The van der Waals surface area contributed by atoms with Gasteiger partial charge in [0, 0.05) is 50.5 Å². The average molecular weight is 610 g/mol. The Bertz CT molecular complexity index is 1760. The van der Waals surface area contributed by atoms with Crippen LogP contribution in [0.15, 0.2) is 87.6 Å². The molecule has 0 N–H and O–H groups in total. The number of benzene rings is 3. The van der Waals surface area contributed by atoms with Crippen molar-refractivity contribution >= 4 is 11.4 Å². The van der Waals surface area contributed by atoms with Crippen LogP contribution in [0.4, 0.5) is 28.9 Å². The fourth-order valence-corrected chi connectivity index (χ4v) is 5.66. The largest absolute Gasteiger partial charge is 0.416 e. The Morgan fingerprint density at radius 1 is 0.818 bits per heavy atom. The van der Waals surface area contributed by atoms with Crippen LogP contribution in [0.5, 0.6) is 0 Å². The number of aromatic nitrogens is 2. The van der Waals surface area contributed by atoms with Gasteiger partial charge in [0.25, 0.3) is 5.56 Å². The highest BCUT2D eigenvalue weighted by molar-refractivity contribution is 5.50. The minimum atomic E-state index is -4.84. The van der Waals surface area contributed by atoms with E-state index in [2.05, 4.69) is 10.1 Å². The number of nitrogens with zero attached hydrogens (tertiary/aromatic N) is 5. The minimum absolute atomic E-state index is 0.000563. The minimum Gasteiger partial charge on any atom is -0.363 e. The van der Waals surface area contributed by atoms with Gasteiger partial charge in [-0.25, -0.2) is 9.18 Å². The van der Waals surface area contributed by atoms with Crippen LogP contribution in [0.3, 0.4) is 0 Å². The molecular weight excluding hydrogens is 578 g/mol. The highest BCUT2D eigenvalue weighted by atomic mass is 19.4. The third kappa shape index (κ3) is 6.65. The number of rotatable bonds is 9. The second-order valence-electron chi connectivity index (χ2n) is 10.8. The number of hydrogen-bond acceptors (Lipinski definition) is 6. The lowest BCUT2D eigenvalue weighted by atomic mass is 10.1. The molecular formula is C32H31F4N5O3. The van der Waals surface area contributed by atoms with E-state index in [-0.39, 0.29) is 17.9 Å². The van der Waals surface area contributed by atoms with Crippen molar-refractivity contribution in [2.75, 3.05) is 31.1 Å². The monoisotopic (exact) mass is 609 g/mol. The summed E-state index contributed by atoms with van der Waals surface area (Å²) in [5.41, 5.74) is -0.680. The van der Waals surface area contributed by atoms with Crippen molar-refractivity contribution in [2.24, 2.45) is 5.18 Å². The number of anilines is 1. The summed E-state index contributed by atoms with van der Waals surface area (Å²) in [4.78, 5) is 42.5. The average Bonchev–Trinajstić information content (AvgIpc) is 3.01. The topological polar surface area (TPSA) is 79.9 Å². The normalized spacial score (nSPS) is 14.2. The van der Waals surface area contributed by atoms with Crippen LogP contribution in [0.1, 0.15) is 27.9 Å². The maximum Gasteiger partial charge on any atom is 0.416 e. The zero-order valence-corrected chi connectivity index (χ0v) is 24.1. The molecule has 0 radical (unpaired) electrons. The Morgan fingerprint density at radius 2 is 1.50 bits per heavy atom. The van der Waals surface area contributed by atoms with Crippen LogP contribution in [0.25, 0.3) is 0 Å². The summed E-state index contributed by atoms with van der Waals surface area (Å²) in [6.07, 6.45) is -4.49. The van der Waals surface area contributed by atoms with E-state index < -0.39 is 40.9 Å². The maximum atomic E-state index is 14.9. The number of piperazine rings is 1. The van der Waals surface area contributed by atoms with Crippen molar-refractivity contribution in [2.45, 2.75) is 39.2 Å². The van der Waals surface area contributed by atoms with Crippen molar-refractivity contribution in [3.8, 4) is 0 Å². The quantitative estimate of drug-likeness (QED) is 0.185. The molecule has 12 heteroatoms. The first-order valence-corrected chi connectivity index (χ1v) is 14.2. The van der Waals surface area contributed by atoms with E-state index in [4.69, 9.17) is 0 Å². The van der Waals surface area contributed by atoms with Gasteiger partial charge < -0.3 is 4.90 Å². The molecule has 0 amide bonds. The summed E-state index contributed by atoms with van der Waals surface area (Å²) in [5, 5.41) is 2.98. The van der Waals surface area contributed by atoms with Gasteiger partial charge in [-0.1, -0.05) is 48.5 Å². The molecule has 0 unspecified atom stereocenters. The molecule has 0 bridgehead atoms. The first-order chi connectivity index (χ1) is 21.1. The van der Waals surface area contributed by atoms with Gasteiger partial charge in [0.1, 0.15) is 17.2 Å². The first kappa shape index (κ1) is 30.9. The molecule has 0 spiro atoms. The Morgan fingerprint density at radius 3 is 2.18 bits per heavy atom. The predicted octanol–water partition coefficient (Wildman–Crippen LogP) is 5.49. The van der Waals surface area contributed by atoms with Gasteiger partial charge in [-0.3, -0.25) is 18.8 Å². The van der Waals surface area contributed by atoms with Crippen LogP contribution in [0.2, 0.25) is 0 Å². The Kier molecular flexibility index (Phi) is 9.09. The Hall–Kier alpha value is -4.58. The summed E-state index contributed by atoms with van der Waals surface area (Å²) in [5.74, 6) is -1.09. The number of nitroso groups, excluding NO2 is 1. The van der Waals surface area contributed by atoms with Crippen molar-refractivity contribution in [1.82, 2.24) is 14.0 Å². The lowest BCUT2D eigenvalue weighted by Gasteiger charge is -2.37. The molecule has 1 saturated heterocycles. The number of alkyl halides is 3. The molecule has 5 rings (SSSR count). The van der Waals surface area contributed by atoms with E-state index in [0.29, 0.717) is 44.8 Å². The molecule has 1 aromatic heterocycles. The number of hydrogen-bond donors (Lipinski definition) is 0. The zero-order valence-electron chi connectivity index (χ0n) is 24.1. The highest BCUT2D eigenvalue weighted by Crippen LogP contribution is 2.33. The van der Waals surface area contributed by atoms with E-state index in [9.17, 15) is 32.1 Å².